The maximum Gasteiger partial charge on any atom is 0.282 e. The molecular weight excluding hydrogens is 413 g/mol. The van der Waals surface area contributed by atoms with Crippen molar-refractivity contribution in [1.29, 1.82) is 0 Å². The minimum atomic E-state index is -2.85. The molecule has 0 spiro atoms. The van der Waals surface area contributed by atoms with Crippen molar-refractivity contribution in [2.75, 3.05) is 5.43 Å². The minimum Gasteiger partial charge on any atom is -0.456 e. The van der Waals surface area contributed by atoms with Crippen LogP contribution in [0.15, 0.2) is 48.7 Å². The first-order valence-corrected chi connectivity index (χ1v) is 8.70. The highest BCUT2D eigenvalue weighted by molar-refractivity contribution is 6.42. The number of alkyl halides is 2. The Hall–Kier alpha value is -2.84. The number of hydrogen-bond donors (Lipinski definition) is 2. The molecule has 1 heterocycles. The SMILES string of the molecule is Cn1cc(C(=O)NNc2ccc(Oc3cccc(Cl)c3Cl)cc2)c(C(F)F)n1. The monoisotopic (exact) mass is 426 g/mol. The smallest absolute Gasteiger partial charge is 0.282 e. The lowest BCUT2D eigenvalue weighted by Crippen LogP contribution is -2.29. The molecule has 0 unspecified atom stereocenters. The van der Waals surface area contributed by atoms with Crippen molar-refractivity contribution in [3.05, 3.63) is 70.0 Å². The number of nitrogens with zero attached hydrogens (tertiary/aromatic N) is 2. The van der Waals surface area contributed by atoms with Crippen LogP contribution in [-0.4, -0.2) is 15.7 Å². The van der Waals surface area contributed by atoms with Crippen LogP contribution in [0.2, 0.25) is 10.0 Å². The van der Waals surface area contributed by atoms with E-state index in [1.165, 1.54) is 13.2 Å². The number of aryl methyl sites for hydroxylation is 1. The van der Waals surface area contributed by atoms with Crippen molar-refractivity contribution in [2.45, 2.75) is 6.43 Å². The highest BCUT2D eigenvalue weighted by Gasteiger charge is 2.22. The van der Waals surface area contributed by atoms with Crippen LogP contribution in [0.4, 0.5) is 14.5 Å². The average Bonchev–Trinajstić information content (AvgIpc) is 3.07. The van der Waals surface area contributed by atoms with Gasteiger partial charge in [-0.3, -0.25) is 20.3 Å². The molecule has 3 aromatic rings. The number of nitrogens with one attached hydrogen (secondary N) is 2. The molecule has 0 aliphatic carbocycles. The Morgan fingerprint density at radius 1 is 1.18 bits per heavy atom. The molecule has 146 valence electrons. The summed E-state index contributed by atoms with van der Waals surface area (Å²) in [6, 6.07) is 11.6. The average molecular weight is 427 g/mol. The minimum absolute atomic E-state index is 0.208. The largest absolute Gasteiger partial charge is 0.456 e. The summed E-state index contributed by atoms with van der Waals surface area (Å²) < 4.78 is 32.7. The second-order valence-corrected chi connectivity index (χ2v) is 6.45. The van der Waals surface area contributed by atoms with Gasteiger partial charge in [-0.25, -0.2) is 8.78 Å². The molecule has 3 rings (SSSR count). The van der Waals surface area contributed by atoms with Crippen LogP contribution in [0, 0.1) is 0 Å². The molecule has 2 N–H and O–H groups in total. The van der Waals surface area contributed by atoms with Gasteiger partial charge in [0, 0.05) is 13.2 Å². The fourth-order valence-corrected chi connectivity index (χ4v) is 2.66. The van der Waals surface area contributed by atoms with E-state index in [-0.39, 0.29) is 5.56 Å². The number of carbonyl (C=O) groups excluding carboxylic acids is 1. The first-order valence-electron chi connectivity index (χ1n) is 7.95. The van der Waals surface area contributed by atoms with Gasteiger partial charge in [0.1, 0.15) is 22.2 Å². The zero-order valence-corrected chi connectivity index (χ0v) is 15.9. The van der Waals surface area contributed by atoms with E-state index in [1.807, 2.05) is 0 Å². The number of hydrogen-bond acceptors (Lipinski definition) is 4. The lowest BCUT2D eigenvalue weighted by atomic mass is 10.2. The molecule has 0 fully saturated rings. The number of amides is 1. The first kappa shape index (κ1) is 19.9. The number of aromatic nitrogens is 2. The van der Waals surface area contributed by atoms with E-state index in [4.69, 9.17) is 27.9 Å². The van der Waals surface area contributed by atoms with E-state index >= 15 is 0 Å². The van der Waals surface area contributed by atoms with Crippen molar-refractivity contribution in [3.8, 4) is 11.5 Å². The lowest BCUT2D eigenvalue weighted by Gasteiger charge is -2.11. The number of anilines is 1. The molecule has 6 nitrogen and oxygen atoms in total. The van der Waals surface area contributed by atoms with E-state index in [0.717, 1.165) is 4.68 Å². The predicted octanol–water partition coefficient (Wildman–Crippen LogP) is 5.21. The molecule has 28 heavy (non-hydrogen) atoms. The van der Waals surface area contributed by atoms with Gasteiger partial charge in [0.2, 0.25) is 0 Å². The van der Waals surface area contributed by atoms with Gasteiger partial charge in [-0.05, 0) is 36.4 Å². The number of carbonyl (C=O) groups is 1. The Morgan fingerprint density at radius 2 is 1.89 bits per heavy atom. The zero-order valence-electron chi connectivity index (χ0n) is 14.4. The van der Waals surface area contributed by atoms with E-state index < -0.39 is 18.0 Å². The van der Waals surface area contributed by atoms with Crippen LogP contribution in [0.25, 0.3) is 0 Å². The molecule has 0 radical (unpaired) electrons. The Morgan fingerprint density at radius 3 is 2.57 bits per heavy atom. The molecule has 10 heteroatoms. The van der Waals surface area contributed by atoms with E-state index in [2.05, 4.69) is 16.0 Å². The fraction of sp³-hybridized carbons (Fsp3) is 0.111. The number of hydrazine groups is 1. The van der Waals surface area contributed by atoms with Gasteiger partial charge in [0.25, 0.3) is 12.3 Å². The van der Waals surface area contributed by atoms with Crippen LogP contribution in [0.5, 0.6) is 11.5 Å². The highest BCUT2D eigenvalue weighted by Crippen LogP contribution is 2.34. The van der Waals surface area contributed by atoms with E-state index in [0.29, 0.717) is 27.2 Å². The molecule has 1 amide bonds. The summed E-state index contributed by atoms with van der Waals surface area (Å²) in [7, 11) is 1.46. The lowest BCUT2D eigenvalue weighted by molar-refractivity contribution is 0.0948. The molecule has 0 aliphatic rings. The first-order chi connectivity index (χ1) is 13.3. The molecule has 0 bridgehead atoms. The maximum absolute atomic E-state index is 12.9. The number of rotatable bonds is 6. The topological polar surface area (TPSA) is 68.2 Å². The van der Waals surface area contributed by atoms with Crippen LogP contribution < -0.4 is 15.6 Å². The summed E-state index contributed by atoms with van der Waals surface area (Å²) in [5.41, 5.74) is 4.73. The van der Waals surface area contributed by atoms with Gasteiger partial charge < -0.3 is 4.74 Å². The third-order valence-electron chi connectivity index (χ3n) is 3.63. The van der Waals surface area contributed by atoms with Crippen LogP contribution >= 0.6 is 23.2 Å². The normalized spacial score (nSPS) is 10.8. The van der Waals surface area contributed by atoms with Gasteiger partial charge in [-0.1, -0.05) is 29.3 Å². The van der Waals surface area contributed by atoms with Crippen molar-refractivity contribution in [2.24, 2.45) is 7.05 Å². The summed E-state index contributed by atoms with van der Waals surface area (Å²) in [6.07, 6.45) is -1.62. The van der Waals surface area contributed by atoms with Crippen LogP contribution in [-0.2, 0) is 7.05 Å². The van der Waals surface area contributed by atoms with Gasteiger partial charge in [0.15, 0.2) is 0 Å². The van der Waals surface area contributed by atoms with Gasteiger partial charge in [-0.15, -0.1) is 0 Å². The Labute approximate surface area is 169 Å². The number of benzene rings is 2. The van der Waals surface area contributed by atoms with Crippen molar-refractivity contribution in [1.82, 2.24) is 15.2 Å². The standard InChI is InChI=1S/C18H14Cl2F2N4O2/c1-26-9-12(16(25-26)17(21)22)18(27)24-23-10-5-7-11(8-6-10)28-14-4-2-3-13(19)15(14)20/h2-9,17,23H,1H3,(H,24,27). The Bertz CT molecular complexity index is 994. The number of halogens is 4. The van der Waals surface area contributed by atoms with Gasteiger partial charge >= 0.3 is 0 Å². The fourth-order valence-electron chi connectivity index (χ4n) is 2.33. The van der Waals surface area contributed by atoms with Gasteiger partial charge in [0.05, 0.1) is 16.3 Å². The molecule has 1 aromatic heterocycles. The van der Waals surface area contributed by atoms with E-state index in [1.54, 1.807) is 42.5 Å². The second kappa shape index (κ2) is 8.45. The molecular formula is C18H14Cl2F2N4O2. The summed E-state index contributed by atoms with van der Waals surface area (Å²) in [5.74, 6) is 0.169. The van der Waals surface area contributed by atoms with Gasteiger partial charge in [-0.2, -0.15) is 5.10 Å². The van der Waals surface area contributed by atoms with Crippen LogP contribution in [0.1, 0.15) is 22.5 Å². The summed E-state index contributed by atoms with van der Waals surface area (Å²) >= 11 is 12.0. The van der Waals surface area contributed by atoms with Crippen LogP contribution in [0.3, 0.4) is 0 Å². The number of ether oxygens (including phenoxy) is 1. The summed E-state index contributed by atoms with van der Waals surface area (Å²) in [4.78, 5) is 12.1. The summed E-state index contributed by atoms with van der Waals surface area (Å²) in [5, 5.41) is 4.26. The predicted molar refractivity (Wildman–Crippen MR) is 102 cm³/mol. The van der Waals surface area contributed by atoms with E-state index in [9.17, 15) is 13.6 Å². The highest BCUT2D eigenvalue weighted by atomic mass is 35.5. The molecule has 0 atom stereocenters. The van der Waals surface area contributed by atoms with Crippen molar-refractivity contribution >= 4 is 34.8 Å². The third kappa shape index (κ3) is 4.52. The zero-order chi connectivity index (χ0) is 20.3. The molecule has 0 aliphatic heterocycles. The second-order valence-electron chi connectivity index (χ2n) is 5.66. The molecule has 2 aromatic carbocycles. The van der Waals surface area contributed by atoms with Crippen molar-refractivity contribution < 1.29 is 18.3 Å². The summed E-state index contributed by atoms with van der Waals surface area (Å²) in [6.45, 7) is 0. The molecule has 0 saturated carbocycles. The Kier molecular flexibility index (Phi) is 6.01. The third-order valence-corrected chi connectivity index (χ3v) is 4.43. The van der Waals surface area contributed by atoms with Crippen molar-refractivity contribution in [3.63, 3.8) is 0 Å². The molecule has 0 saturated heterocycles. The maximum atomic E-state index is 12.9. The quantitative estimate of drug-likeness (QED) is 0.530. The Balaban J connectivity index is 1.63.